The van der Waals surface area contributed by atoms with Crippen LogP contribution in [0.5, 0.6) is 11.5 Å². The third-order valence-electron chi connectivity index (χ3n) is 4.59. The van der Waals surface area contributed by atoms with Gasteiger partial charge in [-0.1, -0.05) is 30.3 Å². The minimum absolute atomic E-state index is 0.285. The van der Waals surface area contributed by atoms with Crippen LogP contribution in [-0.2, 0) is 24.3 Å². The highest BCUT2D eigenvalue weighted by Crippen LogP contribution is 2.30. The van der Waals surface area contributed by atoms with Crippen molar-refractivity contribution in [1.29, 1.82) is 0 Å². The van der Waals surface area contributed by atoms with Gasteiger partial charge in [-0.05, 0) is 42.2 Å². The second-order valence-corrected chi connectivity index (χ2v) is 6.21. The van der Waals surface area contributed by atoms with Crippen LogP contribution in [0, 0.1) is 0 Å². The molecule has 2 aromatic rings. The van der Waals surface area contributed by atoms with E-state index in [0.29, 0.717) is 31.9 Å². The first kappa shape index (κ1) is 17.3. The van der Waals surface area contributed by atoms with Gasteiger partial charge in [0.2, 0.25) is 5.91 Å². The Kier molecular flexibility index (Phi) is 5.24. The molecule has 25 heavy (non-hydrogen) atoms. The predicted molar refractivity (Wildman–Crippen MR) is 96.5 cm³/mol. The van der Waals surface area contributed by atoms with Gasteiger partial charge < -0.3 is 15.2 Å². The molecule has 5 heteroatoms. The number of benzene rings is 2. The molecule has 0 saturated heterocycles. The average molecular weight is 340 g/mol. The van der Waals surface area contributed by atoms with E-state index in [1.54, 1.807) is 7.11 Å². The standard InChI is InChI=1S/C20H24N2O3/c1-3-25-18-9-8-14(10-19(18)24-2)12-22-13-16-7-5-4-6-15(16)11-17(22)20(21)23/h4-10,17H,3,11-13H2,1-2H3,(H2,21,23). The highest BCUT2D eigenvalue weighted by Gasteiger charge is 2.30. The van der Waals surface area contributed by atoms with Crippen molar-refractivity contribution >= 4 is 5.91 Å². The zero-order valence-corrected chi connectivity index (χ0v) is 14.7. The summed E-state index contributed by atoms with van der Waals surface area (Å²) in [6, 6.07) is 13.8. The van der Waals surface area contributed by atoms with Crippen LogP contribution in [-0.4, -0.2) is 30.6 Å². The van der Waals surface area contributed by atoms with Crippen LogP contribution in [0.4, 0.5) is 0 Å². The van der Waals surface area contributed by atoms with Crippen molar-refractivity contribution in [2.45, 2.75) is 32.5 Å². The third-order valence-corrected chi connectivity index (χ3v) is 4.59. The van der Waals surface area contributed by atoms with E-state index in [4.69, 9.17) is 15.2 Å². The largest absolute Gasteiger partial charge is 0.493 e. The summed E-state index contributed by atoms with van der Waals surface area (Å²) in [4.78, 5) is 14.1. The van der Waals surface area contributed by atoms with Crippen molar-refractivity contribution in [1.82, 2.24) is 4.90 Å². The van der Waals surface area contributed by atoms with E-state index >= 15 is 0 Å². The first-order valence-corrected chi connectivity index (χ1v) is 8.52. The van der Waals surface area contributed by atoms with E-state index in [1.165, 1.54) is 11.1 Å². The Bertz CT molecular complexity index is 760. The number of fused-ring (bicyclic) bond motifs is 1. The van der Waals surface area contributed by atoms with Gasteiger partial charge in [-0.25, -0.2) is 0 Å². The summed E-state index contributed by atoms with van der Waals surface area (Å²) in [5.41, 5.74) is 9.17. The number of methoxy groups -OCH3 is 1. The molecule has 2 N–H and O–H groups in total. The minimum atomic E-state index is -0.299. The molecule has 0 radical (unpaired) electrons. The maximum atomic E-state index is 12.0. The minimum Gasteiger partial charge on any atom is -0.493 e. The molecule has 0 saturated carbocycles. The number of ether oxygens (including phenoxy) is 2. The lowest BCUT2D eigenvalue weighted by Gasteiger charge is -2.35. The molecule has 0 spiro atoms. The number of nitrogens with zero attached hydrogens (tertiary/aromatic N) is 1. The second-order valence-electron chi connectivity index (χ2n) is 6.21. The van der Waals surface area contributed by atoms with Crippen molar-refractivity contribution in [3.05, 3.63) is 59.2 Å². The molecule has 3 rings (SSSR count). The Morgan fingerprint density at radius 2 is 1.96 bits per heavy atom. The zero-order valence-electron chi connectivity index (χ0n) is 14.7. The van der Waals surface area contributed by atoms with Gasteiger partial charge in [0.05, 0.1) is 19.8 Å². The van der Waals surface area contributed by atoms with Gasteiger partial charge in [-0.15, -0.1) is 0 Å². The first-order valence-electron chi connectivity index (χ1n) is 8.52. The van der Waals surface area contributed by atoms with Gasteiger partial charge in [0.25, 0.3) is 0 Å². The van der Waals surface area contributed by atoms with Crippen LogP contribution in [0.1, 0.15) is 23.6 Å². The highest BCUT2D eigenvalue weighted by atomic mass is 16.5. The molecule has 1 aliphatic heterocycles. The summed E-state index contributed by atoms with van der Waals surface area (Å²) in [5.74, 6) is 1.14. The van der Waals surface area contributed by atoms with Crippen molar-refractivity contribution in [2.75, 3.05) is 13.7 Å². The lowest BCUT2D eigenvalue weighted by molar-refractivity contribution is -0.124. The fraction of sp³-hybridized carbons (Fsp3) is 0.350. The van der Waals surface area contributed by atoms with Crippen LogP contribution < -0.4 is 15.2 Å². The number of hydrogen-bond acceptors (Lipinski definition) is 4. The Morgan fingerprint density at radius 3 is 2.64 bits per heavy atom. The summed E-state index contributed by atoms with van der Waals surface area (Å²) >= 11 is 0. The number of rotatable bonds is 6. The van der Waals surface area contributed by atoms with E-state index in [-0.39, 0.29) is 11.9 Å². The monoisotopic (exact) mass is 340 g/mol. The van der Waals surface area contributed by atoms with Gasteiger partial charge in [-0.3, -0.25) is 9.69 Å². The summed E-state index contributed by atoms with van der Waals surface area (Å²) < 4.78 is 11.0. The summed E-state index contributed by atoms with van der Waals surface area (Å²) in [7, 11) is 1.63. The fourth-order valence-corrected chi connectivity index (χ4v) is 3.34. The molecule has 0 aromatic heterocycles. The topological polar surface area (TPSA) is 64.8 Å². The lowest BCUT2D eigenvalue weighted by atomic mass is 9.93. The number of carbonyl (C=O) groups excluding carboxylic acids is 1. The van der Waals surface area contributed by atoms with Gasteiger partial charge >= 0.3 is 0 Å². The molecule has 1 heterocycles. The van der Waals surface area contributed by atoms with E-state index in [0.717, 1.165) is 11.3 Å². The van der Waals surface area contributed by atoms with Crippen LogP contribution in [0.2, 0.25) is 0 Å². The van der Waals surface area contributed by atoms with E-state index in [9.17, 15) is 4.79 Å². The van der Waals surface area contributed by atoms with Crippen LogP contribution in [0.3, 0.4) is 0 Å². The number of primary amides is 1. The van der Waals surface area contributed by atoms with Gasteiger partial charge in [0.1, 0.15) is 0 Å². The summed E-state index contributed by atoms with van der Waals surface area (Å²) in [6.45, 7) is 3.86. The molecular weight excluding hydrogens is 316 g/mol. The Morgan fingerprint density at radius 1 is 1.20 bits per heavy atom. The highest BCUT2D eigenvalue weighted by molar-refractivity contribution is 5.80. The number of amides is 1. The normalized spacial score (nSPS) is 17.0. The van der Waals surface area contributed by atoms with Crippen molar-refractivity contribution < 1.29 is 14.3 Å². The van der Waals surface area contributed by atoms with Crippen LogP contribution in [0.15, 0.2) is 42.5 Å². The maximum absolute atomic E-state index is 12.0. The average Bonchev–Trinajstić information content (AvgIpc) is 2.62. The quantitative estimate of drug-likeness (QED) is 0.877. The number of carbonyl (C=O) groups is 1. The fourth-order valence-electron chi connectivity index (χ4n) is 3.34. The zero-order chi connectivity index (χ0) is 17.8. The summed E-state index contributed by atoms with van der Waals surface area (Å²) in [5, 5.41) is 0. The molecule has 5 nitrogen and oxygen atoms in total. The number of nitrogens with two attached hydrogens (primary N) is 1. The molecule has 0 aliphatic carbocycles. The second kappa shape index (κ2) is 7.57. The molecule has 1 unspecified atom stereocenters. The van der Waals surface area contributed by atoms with Crippen LogP contribution in [0.25, 0.3) is 0 Å². The Labute approximate surface area is 148 Å². The first-order chi connectivity index (χ1) is 12.1. The Balaban J connectivity index is 1.84. The predicted octanol–water partition coefficient (Wildman–Crippen LogP) is 2.51. The summed E-state index contributed by atoms with van der Waals surface area (Å²) in [6.07, 6.45) is 0.652. The number of hydrogen-bond donors (Lipinski definition) is 1. The SMILES string of the molecule is CCOc1ccc(CN2Cc3ccccc3CC2C(N)=O)cc1OC. The van der Waals surface area contributed by atoms with E-state index in [2.05, 4.69) is 17.0 Å². The van der Waals surface area contributed by atoms with E-state index in [1.807, 2.05) is 37.3 Å². The van der Waals surface area contributed by atoms with Crippen molar-refractivity contribution in [3.8, 4) is 11.5 Å². The molecule has 0 fully saturated rings. The van der Waals surface area contributed by atoms with Crippen LogP contribution >= 0.6 is 0 Å². The van der Waals surface area contributed by atoms with Crippen molar-refractivity contribution in [3.63, 3.8) is 0 Å². The molecule has 1 amide bonds. The molecular formula is C20H24N2O3. The molecule has 2 aromatic carbocycles. The Hall–Kier alpha value is -2.53. The smallest absolute Gasteiger partial charge is 0.235 e. The van der Waals surface area contributed by atoms with E-state index < -0.39 is 0 Å². The van der Waals surface area contributed by atoms with Gasteiger partial charge in [0.15, 0.2) is 11.5 Å². The molecule has 1 atom stereocenters. The molecule has 132 valence electrons. The van der Waals surface area contributed by atoms with Gasteiger partial charge in [0, 0.05) is 13.1 Å². The lowest BCUT2D eigenvalue weighted by Crippen LogP contribution is -2.48. The maximum Gasteiger partial charge on any atom is 0.235 e. The third kappa shape index (κ3) is 3.77. The molecule has 0 bridgehead atoms. The van der Waals surface area contributed by atoms with Gasteiger partial charge in [-0.2, -0.15) is 0 Å². The molecule has 1 aliphatic rings. The van der Waals surface area contributed by atoms with Crippen molar-refractivity contribution in [2.24, 2.45) is 5.73 Å².